The summed E-state index contributed by atoms with van der Waals surface area (Å²) in [5.41, 5.74) is 1.15. The summed E-state index contributed by atoms with van der Waals surface area (Å²) in [5, 5.41) is 0. The highest BCUT2D eigenvalue weighted by Gasteiger charge is 2.22. The average molecular weight is 223 g/mol. The molecule has 0 heterocycles. The van der Waals surface area contributed by atoms with Gasteiger partial charge in [-0.3, -0.25) is 0 Å². The number of nitrogens with zero attached hydrogens (tertiary/aromatic N) is 1. The zero-order valence-electron chi connectivity index (χ0n) is 9.24. The summed E-state index contributed by atoms with van der Waals surface area (Å²) in [7, 11) is 0.784. The fraction of sp³-hybridized carbons (Fsp3) is 0.364. The van der Waals surface area contributed by atoms with Gasteiger partial charge < -0.3 is 4.57 Å². The van der Waals surface area contributed by atoms with E-state index in [-0.39, 0.29) is 0 Å². The molecule has 0 radical (unpaired) electrons. The summed E-state index contributed by atoms with van der Waals surface area (Å²) in [5.74, 6) is 0. The van der Waals surface area contributed by atoms with Crippen molar-refractivity contribution >= 4 is 25.4 Å². The molecule has 0 saturated heterocycles. The van der Waals surface area contributed by atoms with E-state index in [2.05, 4.69) is 43.4 Å². The van der Waals surface area contributed by atoms with Crippen molar-refractivity contribution in [3.05, 3.63) is 35.9 Å². The van der Waals surface area contributed by atoms with Gasteiger partial charge >= 0.3 is 0 Å². The first-order chi connectivity index (χ1) is 6.43. The van der Waals surface area contributed by atoms with Crippen LogP contribution in [0.25, 0.3) is 0 Å². The topological polar surface area (TPSA) is 3.24 Å². The first-order valence-electron chi connectivity index (χ1n) is 4.76. The van der Waals surface area contributed by atoms with Crippen molar-refractivity contribution in [2.75, 3.05) is 7.05 Å². The maximum atomic E-state index is 5.45. The zero-order valence-corrected chi connectivity index (χ0v) is 11.1. The van der Waals surface area contributed by atoms with Crippen molar-refractivity contribution in [1.29, 1.82) is 0 Å². The molecule has 0 N–H and O–H groups in total. The molecule has 0 amide bonds. The molecular formula is C11H17NSSi. The second kappa shape index (κ2) is 4.23. The van der Waals surface area contributed by atoms with Gasteiger partial charge in [0.1, 0.15) is 13.2 Å². The van der Waals surface area contributed by atoms with E-state index in [0.29, 0.717) is 0 Å². The van der Waals surface area contributed by atoms with Gasteiger partial charge in [0.2, 0.25) is 0 Å². The number of thiocarbonyl (C=S) groups is 1. The standard InChI is InChI=1S/C11H17NSSi/c1-12(14(2,3)4)11(13)10-8-6-5-7-9-10/h5-9H,1-4H3. The fourth-order valence-corrected chi connectivity index (χ4v) is 2.78. The van der Waals surface area contributed by atoms with Crippen molar-refractivity contribution in [3.63, 3.8) is 0 Å². The Balaban J connectivity index is 2.87. The number of benzene rings is 1. The van der Waals surface area contributed by atoms with E-state index >= 15 is 0 Å². The molecule has 0 unspecified atom stereocenters. The molecule has 0 spiro atoms. The Hall–Kier alpha value is -0.673. The predicted molar refractivity (Wildman–Crippen MR) is 69.3 cm³/mol. The minimum Gasteiger partial charge on any atom is -0.392 e. The smallest absolute Gasteiger partial charge is 0.148 e. The highest BCUT2D eigenvalue weighted by Crippen LogP contribution is 2.12. The van der Waals surface area contributed by atoms with Crippen LogP contribution in [0.2, 0.25) is 19.6 Å². The van der Waals surface area contributed by atoms with Crippen LogP contribution in [0.1, 0.15) is 5.56 Å². The molecule has 1 aromatic rings. The minimum atomic E-state index is -1.31. The maximum absolute atomic E-state index is 5.45. The zero-order chi connectivity index (χ0) is 10.8. The fourth-order valence-electron chi connectivity index (χ4n) is 1.08. The molecule has 0 fully saturated rings. The van der Waals surface area contributed by atoms with Crippen LogP contribution in [0.3, 0.4) is 0 Å². The normalized spacial score (nSPS) is 11.1. The van der Waals surface area contributed by atoms with Crippen molar-refractivity contribution in [1.82, 2.24) is 4.57 Å². The molecule has 1 rings (SSSR count). The summed E-state index contributed by atoms with van der Waals surface area (Å²) in [6, 6.07) is 10.2. The Kier molecular flexibility index (Phi) is 3.45. The van der Waals surface area contributed by atoms with Crippen LogP contribution >= 0.6 is 12.2 Å². The van der Waals surface area contributed by atoms with Gasteiger partial charge in [0, 0.05) is 5.56 Å². The van der Waals surface area contributed by atoms with Gasteiger partial charge in [-0.2, -0.15) is 0 Å². The van der Waals surface area contributed by atoms with Crippen LogP contribution in [0.4, 0.5) is 0 Å². The largest absolute Gasteiger partial charge is 0.392 e. The van der Waals surface area contributed by atoms with Crippen LogP contribution in [0.15, 0.2) is 30.3 Å². The number of hydrogen-bond donors (Lipinski definition) is 0. The van der Waals surface area contributed by atoms with Crippen molar-refractivity contribution in [2.24, 2.45) is 0 Å². The van der Waals surface area contributed by atoms with E-state index in [0.717, 1.165) is 10.6 Å². The lowest BCUT2D eigenvalue weighted by molar-refractivity contribution is 0.772. The molecule has 3 heteroatoms. The third-order valence-electron chi connectivity index (χ3n) is 2.33. The van der Waals surface area contributed by atoms with Gasteiger partial charge in [0.25, 0.3) is 0 Å². The van der Waals surface area contributed by atoms with Gasteiger partial charge in [-0.05, 0) is 7.05 Å². The molecular weight excluding hydrogens is 206 g/mol. The predicted octanol–water partition coefficient (Wildman–Crippen LogP) is 3.13. The molecule has 1 nitrogen and oxygen atoms in total. The second-order valence-corrected chi connectivity index (χ2v) is 9.80. The molecule has 0 aliphatic rings. The van der Waals surface area contributed by atoms with E-state index in [1.807, 2.05) is 18.2 Å². The lowest BCUT2D eigenvalue weighted by Gasteiger charge is -2.32. The van der Waals surface area contributed by atoms with Gasteiger partial charge in [0.15, 0.2) is 0 Å². The van der Waals surface area contributed by atoms with Gasteiger partial charge in [-0.15, -0.1) is 0 Å². The van der Waals surface area contributed by atoms with Crippen LogP contribution < -0.4 is 0 Å². The van der Waals surface area contributed by atoms with E-state index in [1.165, 1.54) is 0 Å². The second-order valence-electron chi connectivity index (χ2n) is 4.40. The quantitative estimate of drug-likeness (QED) is 0.560. The van der Waals surface area contributed by atoms with Gasteiger partial charge in [0.05, 0.1) is 0 Å². The molecule has 0 saturated carbocycles. The molecule has 1 aromatic carbocycles. The third kappa shape index (κ3) is 2.66. The highest BCUT2D eigenvalue weighted by molar-refractivity contribution is 7.80. The summed E-state index contributed by atoms with van der Waals surface area (Å²) in [6.07, 6.45) is 0. The van der Waals surface area contributed by atoms with Crippen LogP contribution in [0.5, 0.6) is 0 Å². The van der Waals surface area contributed by atoms with Crippen molar-refractivity contribution in [2.45, 2.75) is 19.6 Å². The first-order valence-corrected chi connectivity index (χ1v) is 8.61. The maximum Gasteiger partial charge on any atom is 0.148 e. The molecule has 0 atom stereocenters. The Morgan fingerprint density at radius 1 is 1.14 bits per heavy atom. The molecule has 0 aliphatic heterocycles. The highest BCUT2D eigenvalue weighted by atomic mass is 32.1. The number of hydrogen-bond acceptors (Lipinski definition) is 1. The molecule has 0 bridgehead atoms. The van der Waals surface area contributed by atoms with Gasteiger partial charge in [-0.25, -0.2) is 0 Å². The molecule has 0 aromatic heterocycles. The third-order valence-corrected chi connectivity index (χ3v) is 5.24. The van der Waals surface area contributed by atoms with E-state index in [1.54, 1.807) is 0 Å². The Labute approximate surface area is 92.8 Å². The Morgan fingerprint density at radius 2 is 1.64 bits per heavy atom. The summed E-state index contributed by atoms with van der Waals surface area (Å²) in [4.78, 5) is 0.963. The Bertz CT molecular complexity index is 316. The number of rotatable bonds is 2. The minimum absolute atomic E-state index is 0.963. The first kappa shape index (κ1) is 11.4. The van der Waals surface area contributed by atoms with E-state index in [9.17, 15) is 0 Å². The van der Waals surface area contributed by atoms with E-state index in [4.69, 9.17) is 12.2 Å². The van der Waals surface area contributed by atoms with Crippen LogP contribution in [0, 0.1) is 0 Å². The lowest BCUT2D eigenvalue weighted by atomic mass is 10.2. The lowest BCUT2D eigenvalue weighted by Crippen LogP contribution is -2.46. The Morgan fingerprint density at radius 3 is 2.07 bits per heavy atom. The summed E-state index contributed by atoms with van der Waals surface area (Å²) >= 11 is 5.45. The van der Waals surface area contributed by atoms with Gasteiger partial charge in [-0.1, -0.05) is 62.2 Å². The molecule has 76 valence electrons. The van der Waals surface area contributed by atoms with Crippen molar-refractivity contribution < 1.29 is 0 Å². The summed E-state index contributed by atoms with van der Waals surface area (Å²) < 4.78 is 2.26. The SMILES string of the molecule is CN(C(=S)c1ccccc1)[Si](C)(C)C. The molecule has 0 aliphatic carbocycles. The van der Waals surface area contributed by atoms with Crippen LogP contribution in [-0.2, 0) is 0 Å². The average Bonchev–Trinajstić information content (AvgIpc) is 2.15. The summed E-state index contributed by atoms with van der Waals surface area (Å²) in [6.45, 7) is 6.88. The molecule has 14 heavy (non-hydrogen) atoms. The van der Waals surface area contributed by atoms with Crippen LogP contribution in [-0.4, -0.2) is 24.8 Å². The monoisotopic (exact) mass is 223 g/mol. The van der Waals surface area contributed by atoms with E-state index < -0.39 is 8.24 Å². The van der Waals surface area contributed by atoms with Crippen molar-refractivity contribution in [3.8, 4) is 0 Å².